The van der Waals surface area contributed by atoms with Crippen molar-refractivity contribution in [1.29, 1.82) is 0 Å². The highest BCUT2D eigenvalue weighted by Gasteiger charge is 2.36. The number of nitro benzene ring substituents is 1. The van der Waals surface area contributed by atoms with E-state index >= 15 is 0 Å². The van der Waals surface area contributed by atoms with Gasteiger partial charge in [-0.2, -0.15) is 0 Å². The average Bonchev–Trinajstić information content (AvgIpc) is 3.34. The van der Waals surface area contributed by atoms with E-state index in [9.17, 15) is 14.9 Å². The van der Waals surface area contributed by atoms with Gasteiger partial charge in [0.2, 0.25) is 0 Å². The van der Waals surface area contributed by atoms with Gasteiger partial charge in [-0.05, 0) is 50.2 Å². The predicted octanol–water partition coefficient (Wildman–Crippen LogP) is 2.98. The molecule has 7 heteroatoms. The van der Waals surface area contributed by atoms with Crippen molar-refractivity contribution in [1.82, 2.24) is 5.32 Å². The number of nitrogens with one attached hydrogen (secondary N) is 2. The van der Waals surface area contributed by atoms with E-state index < -0.39 is 4.92 Å². The van der Waals surface area contributed by atoms with Crippen molar-refractivity contribution in [3.63, 3.8) is 0 Å². The van der Waals surface area contributed by atoms with Crippen LogP contribution >= 0.6 is 0 Å². The van der Waals surface area contributed by atoms with E-state index in [1.165, 1.54) is 25.0 Å². The van der Waals surface area contributed by atoms with E-state index in [1.807, 2.05) is 0 Å². The van der Waals surface area contributed by atoms with Crippen molar-refractivity contribution in [2.75, 3.05) is 11.9 Å². The maximum absolute atomic E-state index is 12.1. The molecule has 1 aliphatic carbocycles. The van der Waals surface area contributed by atoms with Crippen LogP contribution in [0.2, 0.25) is 0 Å². The summed E-state index contributed by atoms with van der Waals surface area (Å²) in [6, 6.07) is 4.24. The van der Waals surface area contributed by atoms with Crippen molar-refractivity contribution in [3.05, 3.63) is 33.9 Å². The summed E-state index contributed by atoms with van der Waals surface area (Å²) < 4.78 is 5.75. The minimum atomic E-state index is -0.448. The molecule has 1 aromatic carbocycles. The summed E-state index contributed by atoms with van der Waals surface area (Å²) >= 11 is 0. The number of ether oxygens (including phenoxy) is 1. The molecule has 1 aromatic rings. The van der Waals surface area contributed by atoms with Crippen LogP contribution < -0.4 is 10.6 Å². The van der Waals surface area contributed by atoms with Gasteiger partial charge in [0.15, 0.2) is 0 Å². The largest absolute Gasteiger partial charge is 0.378 e. The van der Waals surface area contributed by atoms with Crippen LogP contribution in [0.15, 0.2) is 18.2 Å². The number of rotatable bonds is 4. The summed E-state index contributed by atoms with van der Waals surface area (Å²) in [6.45, 7) is 2.42. The fourth-order valence-corrected chi connectivity index (χ4v) is 3.00. The zero-order valence-electron chi connectivity index (χ0n) is 13.1. The molecule has 1 saturated carbocycles. The van der Waals surface area contributed by atoms with Crippen LogP contribution in [0.3, 0.4) is 0 Å². The molecule has 0 aromatic heterocycles. The van der Waals surface area contributed by atoms with Gasteiger partial charge in [-0.3, -0.25) is 10.1 Å². The zero-order chi connectivity index (χ0) is 16.4. The lowest BCUT2D eigenvalue weighted by molar-refractivity contribution is -0.384. The number of benzene rings is 1. The normalized spacial score (nSPS) is 24.0. The number of nitrogens with zero attached hydrogens (tertiary/aromatic N) is 1. The summed E-state index contributed by atoms with van der Waals surface area (Å²) in [5.74, 6) is 0.666. The summed E-state index contributed by atoms with van der Waals surface area (Å²) in [7, 11) is 0. The summed E-state index contributed by atoms with van der Waals surface area (Å²) in [5.41, 5.74) is 1.27. The van der Waals surface area contributed by atoms with E-state index in [2.05, 4.69) is 10.6 Å². The number of aryl methyl sites for hydroxylation is 1. The first-order valence-corrected chi connectivity index (χ1v) is 7.97. The van der Waals surface area contributed by atoms with Gasteiger partial charge in [-0.15, -0.1) is 0 Å². The summed E-state index contributed by atoms with van der Waals surface area (Å²) in [5, 5.41) is 16.5. The number of hydrogen-bond donors (Lipinski definition) is 2. The van der Waals surface area contributed by atoms with Gasteiger partial charge in [0.25, 0.3) is 5.69 Å². The topological polar surface area (TPSA) is 93.5 Å². The number of urea groups is 1. The van der Waals surface area contributed by atoms with Crippen LogP contribution in [0, 0.1) is 23.0 Å². The number of non-ortho nitro benzene ring substituents is 1. The van der Waals surface area contributed by atoms with Gasteiger partial charge in [-0.1, -0.05) is 0 Å². The Bertz CT molecular complexity index is 615. The number of amides is 2. The number of anilines is 1. The first kappa shape index (κ1) is 15.7. The Kier molecular flexibility index (Phi) is 4.47. The summed E-state index contributed by atoms with van der Waals surface area (Å²) in [4.78, 5) is 22.4. The molecule has 2 atom stereocenters. The van der Waals surface area contributed by atoms with Crippen LogP contribution in [0.1, 0.15) is 31.2 Å². The van der Waals surface area contributed by atoms with Gasteiger partial charge in [0.05, 0.1) is 11.0 Å². The minimum Gasteiger partial charge on any atom is -0.378 e. The van der Waals surface area contributed by atoms with Gasteiger partial charge >= 0.3 is 6.03 Å². The molecule has 1 aliphatic heterocycles. The molecule has 124 valence electrons. The second-order valence-electron chi connectivity index (χ2n) is 6.32. The number of nitro groups is 1. The molecule has 23 heavy (non-hydrogen) atoms. The maximum Gasteiger partial charge on any atom is 0.319 e. The minimum absolute atomic E-state index is 0.0187. The Morgan fingerprint density at radius 3 is 2.78 bits per heavy atom. The number of hydrogen-bond acceptors (Lipinski definition) is 4. The molecule has 0 unspecified atom stereocenters. The molecule has 3 rings (SSSR count). The van der Waals surface area contributed by atoms with Crippen LogP contribution in [0.4, 0.5) is 16.2 Å². The summed E-state index contributed by atoms with van der Waals surface area (Å²) in [6.07, 6.45) is 4.40. The lowest BCUT2D eigenvalue weighted by atomic mass is 10.0. The fourth-order valence-electron chi connectivity index (χ4n) is 3.00. The third-order valence-corrected chi connectivity index (χ3v) is 4.47. The van der Waals surface area contributed by atoms with Gasteiger partial charge < -0.3 is 15.4 Å². The van der Waals surface area contributed by atoms with Crippen LogP contribution in [0.25, 0.3) is 0 Å². The van der Waals surface area contributed by atoms with Crippen molar-refractivity contribution in [2.24, 2.45) is 5.92 Å². The SMILES string of the molecule is Cc1cc([N+](=O)[O-])ccc1NC(=O)N[C@H]1CCO[C@H](C2CC2)C1. The Morgan fingerprint density at radius 2 is 2.13 bits per heavy atom. The third-order valence-electron chi connectivity index (χ3n) is 4.47. The smallest absolute Gasteiger partial charge is 0.319 e. The molecular weight excluding hydrogens is 298 g/mol. The Hall–Kier alpha value is -2.15. The monoisotopic (exact) mass is 319 g/mol. The van der Waals surface area contributed by atoms with E-state index in [-0.39, 0.29) is 23.9 Å². The highest BCUT2D eigenvalue weighted by Crippen LogP contribution is 2.38. The second kappa shape index (κ2) is 6.54. The first-order valence-electron chi connectivity index (χ1n) is 7.97. The van der Waals surface area contributed by atoms with Crippen LogP contribution in [0.5, 0.6) is 0 Å². The third kappa shape index (κ3) is 3.98. The molecule has 0 radical (unpaired) electrons. The van der Waals surface area contributed by atoms with Crippen molar-refractivity contribution >= 4 is 17.4 Å². The molecule has 7 nitrogen and oxygen atoms in total. The molecular formula is C16H21N3O4. The second-order valence-corrected chi connectivity index (χ2v) is 6.32. The standard InChI is InChI=1S/C16H21N3O4/c1-10-8-13(19(21)22)4-5-14(10)18-16(20)17-12-6-7-23-15(9-12)11-2-3-11/h4-5,8,11-12,15H,2-3,6-7,9H2,1H3,(H2,17,18,20)/t12-,15-/m0/s1. The number of carbonyl (C=O) groups is 1. The van der Waals surface area contributed by atoms with Gasteiger partial charge in [-0.25, -0.2) is 4.79 Å². The van der Waals surface area contributed by atoms with E-state index in [1.54, 1.807) is 13.0 Å². The molecule has 2 N–H and O–H groups in total. The van der Waals surface area contributed by atoms with Gasteiger partial charge in [0.1, 0.15) is 0 Å². The fraction of sp³-hybridized carbons (Fsp3) is 0.562. The van der Waals surface area contributed by atoms with E-state index in [4.69, 9.17) is 4.74 Å². The van der Waals surface area contributed by atoms with Crippen molar-refractivity contribution in [3.8, 4) is 0 Å². The lowest BCUT2D eigenvalue weighted by Crippen LogP contribution is -2.44. The van der Waals surface area contributed by atoms with Crippen LogP contribution in [-0.2, 0) is 4.74 Å². The highest BCUT2D eigenvalue weighted by molar-refractivity contribution is 5.90. The molecule has 2 amide bonds. The van der Waals surface area contributed by atoms with Crippen LogP contribution in [-0.4, -0.2) is 29.7 Å². The van der Waals surface area contributed by atoms with Crippen molar-refractivity contribution in [2.45, 2.75) is 44.8 Å². The average molecular weight is 319 g/mol. The highest BCUT2D eigenvalue weighted by atomic mass is 16.6. The van der Waals surface area contributed by atoms with Gasteiger partial charge in [0, 0.05) is 30.5 Å². The number of carbonyl (C=O) groups excluding carboxylic acids is 1. The molecule has 0 spiro atoms. The molecule has 1 saturated heterocycles. The quantitative estimate of drug-likeness (QED) is 0.659. The van der Waals surface area contributed by atoms with E-state index in [0.717, 1.165) is 12.8 Å². The Morgan fingerprint density at radius 1 is 1.35 bits per heavy atom. The molecule has 2 fully saturated rings. The molecule has 0 bridgehead atoms. The molecule has 2 aliphatic rings. The Labute approximate surface area is 134 Å². The Balaban J connectivity index is 1.55. The predicted molar refractivity (Wildman–Crippen MR) is 85.5 cm³/mol. The molecule has 1 heterocycles. The zero-order valence-corrected chi connectivity index (χ0v) is 13.1. The van der Waals surface area contributed by atoms with Crippen molar-refractivity contribution < 1.29 is 14.5 Å². The maximum atomic E-state index is 12.1. The van der Waals surface area contributed by atoms with E-state index in [0.29, 0.717) is 23.8 Å². The first-order chi connectivity index (χ1) is 11.0. The lowest BCUT2D eigenvalue weighted by Gasteiger charge is -2.30.